The number of hydrogen-bond donors (Lipinski definition) is 0. The Labute approximate surface area is 111 Å². The van der Waals surface area contributed by atoms with Crippen molar-refractivity contribution in [3.8, 4) is 22.9 Å². The van der Waals surface area contributed by atoms with Crippen molar-refractivity contribution in [2.24, 2.45) is 0 Å². The predicted molar refractivity (Wildman–Crippen MR) is 74.4 cm³/mol. The van der Waals surface area contributed by atoms with Gasteiger partial charge in [-0.1, -0.05) is 12.1 Å². The van der Waals surface area contributed by atoms with E-state index in [1.165, 1.54) is 0 Å². The Hall–Kier alpha value is -2.49. The smallest absolute Gasteiger partial charge is 0.158 e. The third-order valence-corrected chi connectivity index (χ3v) is 2.96. The summed E-state index contributed by atoms with van der Waals surface area (Å²) in [5, 5.41) is 0. The Morgan fingerprint density at radius 2 is 1.74 bits per heavy atom. The average Bonchev–Trinajstić information content (AvgIpc) is 2.97. The van der Waals surface area contributed by atoms with Gasteiger partial charge in [0.1, 0.15) is 5.69 Å². The Morgan fingerprint density at radius 1 is 0.895 bits per heavy atom. The molecule has 0 saturated carbocycles. The van der Waals surface area contributed by atoms with Gasteiger partial charge in [-0.05, 0) is 31.2 Å². The number of aryl methyl sites for hydroxylation is 1. The van der Waals surface area contributed by atoms with Gasteiger partial charge < -0.3 is 4.57 Å². The first-order valence-corrected chi connectivity index (χ1v) is 6.28. The summed E-state index contributed by atoms with van der Waals surface area (Å²) in [5.41, 5.74) is 2.61. The molecule has 3 heterocycles. The third kappa shape index (κ3) is 2.25. The number of aromatic nitrogens is 4. The van der Waals surface area contributed by atoms with E-state index in [0.717, 1.165) is 29.5 Å². The van der Waals surface area contributed by atoms with Crippen molar-refractivity contribution in [3.63, 3.8) is 0 Å². The average molecular weight is 250 g/mol. The lowest BCUT2D eigenvalue weighted by Gasteiger charge is -2.06. The first kappa shape index (κ1) is 11.6. The predicted octanol–water partition coefficient (Wildman–Crippen LogP) is 3.03. The maximum atomic E-state index is 4.65. The number of imidazole rings is 1. The van der Waals surface area contributed by atoms with E-state index in [1.807, 2.05) is 42.6 Å². The highest BCUT2D eigenvalue weighted by molar-refractivity contribution is 5.59. The lowest BCUT2D eigenvalue weighted by Crippen LogP contribution is -1.98. The van der Waals surface area contributed by atoms with Gasteiger partial charge in [-0.2, -0.15) is 0 Å². The van der Waals surface area contributed by atoms with Crippen LogP contribution in [0.15, 0.2) is 55.0 Å². The van der Waals surface area contributed by atoms with E-state index >= 15 is 0 Å². The molecule has 0 atom stereocenters. The molecule has 0 aliphatic heterocycles. The molecule has 94 valence electrons. The van der Waals surface area contributed by atoms with Gasteiger partial charge in [0.05, 0.1) is 11.4 Å². The van der Waals surface area contributed by atoms with Crippen LogP contribution >= 0.6 is 0 Å². The van der Waals surface area contributed by atoms with E-state index in [2.05, 4.69) is 26.4 Å². The van der Waals surface area contributed by atoms with Crippen LogP contribution in [-0.2, 0) is 6.54 Å². The molecule has 3 rings (SSSR count). The highest BCUT2D eigenvalue weighted by atomic mass is 15.1. The van der Waals surface area contributed by atoms with Crippen LogP contribution in [0.1, 0.15) is 6.92 Å². The van der Waals surface area contributed by atoms with Crippen molar-refractivity contribution in [2.45, 2.75) is 13.5 Å². The van der Waals surface area contributed by atoms with Gasteiger partial charge in [-0.25, -0.2) is 9.97 Å². The van der Waals surface area contributed by atoms with Crippen molar-refractivity contribution < 1.29 is 0 Å². The van der Waals surface area contributed by atoms with E-state index in [0.29, 0.717) is 0 Å². The zero-order chi connectivity index (χ0) is 13.1. The Bertz CT molecular complexity index is 673. The number of rotatable bonds is 3. The normalized spacial score (nSPS) is 10.6. The molecule has 3 aromatic rings. The second kappa shape index (κ2) is 5.02. The van der Waals surface area contributed by atoms with Crippen LogP contribution in [0.25, 0.3) is 22.9 Å². The molecule has 19 heavy (non-hydrogen) atoms. The fourth-order valence-electron chi connectivity index (χ4n) is 2.01. The summed E-state index contributed by atoms with van der Waals surface area (Å²) in [5.74, 6) is 0.889. The Balaban J connectivity index is 2.06. The Kier molecular flexibility index (Phi) is 3.06. The van der Waals surface area contributed by atoms with Crippen molar-refractivity contribution >= 4 is 0 Å². The second-order valence-corrected chi connectivity index (χ2v) is 4.16. The van der Waals surface area contributed by atoms with Gasteiger partial charge in [0, 0.05) is 25.1 Å². The van der Waals surface area contributed by atoms with Gasteiger partial charge in [-0.3, -0.25) is 4.98 Å². The fourth-order valence-corrected chi connectivity index (χ4v) is 2.01. The van der Waals surface area contributed by atoms with Gasteiger partial charge in [0.25, 0.3) is 0 Å². The summed E-state index contributed by atoms with van der Waals surface area (Å²) >= 11 is 0. The van der Waals surface area contributed by atoms with Gasteiger partial charge in [0.15, 0.2) is 5.82 Å². The minimum atomic E-state index is 0.865. The minimum absolute atomic E-state index is 0.865. The maximum Gasteiger partial charge on any atom is 0.158 e. The number of pyridine rings is 2. The maximum absolute atomic E-state index is 4.65. The third-order valence-electron chi connectivity index (χ3n) is 2.96. The largest absolute Gasteiger partial charge is 0.330 e. The van der Waals surface area contributed by atoms with Crippen LogP contribution in [0.3, 0.4) is 0 Å². The van der Waals surface area contributed by atoms with Crippen LogP contribution in [0.5, 0.6) is 0 Å². The highest BCUT2D eigenvalue weighted by Crippen LogP contribution is 2.20. The first-order chi connectivity index (χ1) is 9.38. The molecule has 4 nitrogen and oxygen atoms in total. The van der Waals surface area contributed by atoms with Crippen LogP contribution < -0.4 is 0 Å². The van der Waals surface area contributed by atoms with Crippen molar-refractivity contribution in [3.05, 3.63) is 55.0 Å². The molecule has 3 aromatic heterocycles. The zero-order valence-electron chi connectivity index (χ0n) is 10.7. The van der Waals surface area contributed by atoms with Gasteiger partial charge >= 0.3 is 0 Å². The van der Waals surface area contributed by atoms with Crippen LogP contribution in [0, 0.1) is 0 Å². The van der Waals surface area contributed by atoms with Gasteiger partial charge in [0.2, 0.25) is 0 Å². The summed E-state index contributed by atoms with van der Waals surface area (Å²) < 4.78 is 2.07. The molecule has 0 N–H and O–H groups in total. The van der Waals surface area contributed by atoms with Gasteiger partial charge in [-0.15, -0.1) is 0 Å². The monoisotopic (exact) mass is 250 g/mol. The van der Waals surface area contributed by atoms with E-state index in [-0.39, 0.29) is 0 Å². The first-order valence-electron chi connectivity index (χ1n) is 6.28. The minimum Gasteiger partial charge on any atom is -0.330 e. The fraction of sp³-hybridized carbons (Fsp3) is 0.133. The molecule has 0 unspecified atom stereocenters. The molecule has 0 aliphatic rings. The quantitative estimate of drug-likeness (QED) is 0.717. The summed E-state index contributed by atoms with van der Waals surface area (Å²) in [7, 11) is 0. The molecule has 0 saturated heterocycles. The van der Waals surface area contributed by atoms with Crippen LogP contribution in [0.4, 0.5) is 0 Å². The molecule has 0 aliphatic carbocycles. The lowest BCUT2D eigenvalue weighted by atomic mass is 10.2. The highest BCUT2D eigenvalue weighted by Gasteiger charge is 2.08. The van der Waals surface area contributed by atoms with Crippen LogP contribution in [0.2, 0.25) is 0 Å². The number of hydrogen-bond acceptors (Lipinski definition) is 3. The van der Waals surface area contributed by atoms with E-state index < -0.39 is 0 Å². The summed E-state index contributed by atoms with van der Waals surface area (Å²) in [6, 6.07) is 11.7. The second-order valence-electron chi connectivity index (χ2n) is 4.16. The topological polar surface area (TPSA) is 43.6 Å². The van der Waals surface area contributed by atoms with Crippen LogP contribution in [-0.4, -0.2) is 19.5 Å². The molecule has 0 spiro atoms. The molecule has 0 radical (unpaired) electrons. The molecule has 0 bridgehead atoms. The van der Waals surface area contributed by atoms with Crippen molar-refractivity contribution in [1.82, 2.24) is 19.5 Å². The standard InChI is InChI=1S/C15H14N4/c1-2-19-11-10-17-15(19)14-8-5-7-13(18-14)12-6-3-4-9-16-12/h3-11H,2H2,1H3. The summed E-state index contributed by atoms with van der Waals surface area (Å²) in [4.78, 5) is 13.3. The van der Waals surface area contributed by atoms with E-state index in [9.17, 15) is 0 Å². The summed E-state index contributed by atoms with van der Waals surface area (Å²) in [6.45, 7) is 2.97. The van der Waals surface area contributed by atoms with E-state index in [4.69, 9.17) is 0 Å². The molecule has 0 amide bonds. The molecule has 0 aromatic carbocycles. The Morgan fingerprint density at radius 3 is 2.53 bits per heavy atom. The van der Waals surface area contributed by atoms with E-state index in [1.54, 1.807) is 12.4 Å². The molecular weight excluding hydrogens is 236 g/mol. The number of nitrogens with zero attached hydrogens (tertiary/aromatic N) is 4. The zero-order valence-corrected chi connectivity index (χ0v) is 10.7. The van der Waals surface area contributed by atoms with Crippen molar-refractivity contribution in [2.75, 3.05) is 0 Å². The molecular formula is C15H14N4. The van der Waals surface area contributed by atoms with Crippen molar-refractivity contribution in [1.29, 1.82) is 0 Å². The molecule has 0 fully saturated rings. The summed E-state index contributed by atoms with van der Waals surface area (Å²) in [6.07, 6.45) is 5.54. The lowest BCUT2D eigenvalue weighted by molar-refractivity contribution is 0.768. The molecule has 4 heteroatoms. The SMILES string of the molecule is CCn1ccnc1-c1cccc(-c2ccccn2)n1.